The van der Waals surface area contributed by atoms with Crippen LogP contribution in [-0.4, -0.2) is 23.4 Å². The third-order valence-electron chi connectivity index (χ3n) is 3.97. The molecule has 2 aromatic rings. The second-order valence-electron chi connectivity index (χ2n) is 6.04. The molecule has 0 heterocycles. The van der Waals surface area contributed by atoms with Crippen molar-refractivity contribution in [3.8, 4) is 0 Å². The summed E-state index contributed by atoms with van der Waals surface area (Å²) in [4.78, 5) is 36.9. The molecule has 1 amide bonds. The van der Waals surface area contributed by atoms with Crippen molar-refractivity contribution in [2.75, 3.05) is 11.5 Å². The summed E-state index contributed by atoms with van der Waals surface area (Å²) < 4.78 is 18.5. The smallest absolute Gasteiger partial charge is 0.338 e. The highest BCUT2D eigenvalue weighted by Gasteiger charge is 2.26. The van der Waals surface area contributed by atoms with Gasteiger partial charge in [-0.05, 0) is 43.2 Å². The van der Waals surface area contributed by atoms with Crippen molar-refractivity contribution in [1.82, 2.24) is 0 Å². The lowest BCUT2D eigenvalue weighted by Crippen LogP contribution is -2.31. The molecular formula is C20H21FN2O5. The van der Waals surface area contributed by atoms with Gasteiger partial charge in [0.1, 0.15) is 11.5 Å². The van der Waals surface area contributed by atoms with Crippen LogP contribution in [0.1, 0.15) is 42.6 Å². The summed E-state index contributed by atoms with van der Waals surface area (Å²) in [6, 6.07) is 9.36. The Morgan fingerprint density at radius 1 is 1.18 bits per heavy atom. The number of carbonyl (C=O) groups excluding carboxylic acids is 2. The summed E-state index contributed by atoms with van der Waals surface area (Å²) in [7, 11) is 0. The first-order chi connectivity index (χ1) is 13.4. The normalized spacial score (nSPS) is 10.4. The summed E-state index contributed by atoms with van der Waals surface area (Å²) in [6.45, 7) is 3.53. The summed E-state index contributed by atoms with van der Waals surface area (Å²) in [6.07, 6.45) is 0.681. The minimum atomic E-state index is -0.646. The Morgan fingerprint density at radius 3 is 2.54 bits per heavy atom. The third kappa shape index (κ3) is 5.12. The van der Waals surface area contributed by atoms with Crippen LogP contribution in [0.3, 0.4) is 0 Å². The molecule has 0 aliphatic carbocycles. The van der Waals surface area contributed by atoms with Gasteiger partial charge in [0, 0.05) is 12.5 Å². The van der Waals surface area contributed by atoms with Crippen LogP contribution in [-0.2, 0) is 16.1 Å². The highest BCUT2D eigenvalue weighted by Crippen LogP contribution is 2.31. The largest absolute Gasteiger partial charge is 0.462 e. The average molecular weight is 388 g/mol. The van der Waals surface area contributed by atoms with Crippen molar-refractivity contribution >= 4 is 23.3 Å². The van der Waals surface area contributed by atoms with E-state index in [2.05, 4.69) is 0 Å². The fraction of sp³-hybridized carbons (Fsp3) is 0.300. The Kier molecular flexibility index (Phi) is 7.20. The van der Waals surface area contributed by atoms with Gasteiger partial charge >= 0.3 is 5.97 Å². The van der Waals surface area contributed by atoms with E-state index >= 15 is 0 Å². The van der Waals surface area contributed by atoms with E-state index in [4.69, 9.17) is 4.74 Å². The number of carbonyl (C=O) groups is 2. The molecule has 2 rings (SSSR count). The van der Waals surface area contributed by atoms with Gasteiger partial charge < -0.3 is 9.64 Å². The first kappa shape index (κ1) is 21.0. The maximum atomic E-state index is 13.6. The van der Waals surface area contributed by atoms with Crippen LogP contribution in [0.4, 0.5) is 15.8 Å². The first-order valence-corrected chi connectivity index (χ1v) is 8.87. The van der Waals surface area contributed by atoms with E-state index < -0.39 is 16.7 Å². The zero-order chi connectivity index (χ0) is 20.7. The van der Waals surface area contributed by atoms with Crippen molar-refractivity contribution in [1.29, 1.82) is 0 Å². The van der Waals surface area contributed by atoms with Crippen LogP contribution in [0.25, 0.3) is 0 Å². The van der Waals surface area contributed by atoms with E-state index in [1.165, 1.54) is 41.3 Å². The summed E-state index contributed by atoms with van der Waals surface area (Å²) in [5.74, 6) is -1.49. The molecule has 148 valence electrons. The monoisotopic (exact) mass is 388 g/mol. The van der Waals surface area contributed by atoms with E-state index in [1.54, 1.807) is 13.0 Å². The van der Waals surface area contributed by atoms with Crippen molar-refractivity contribution < 1.29 is 23.6 Å². The lowest BCUT2D eigenvalue weighted by molar-refractivity contribution is -0.384. The molecule has 0 unspecified atom stereocenters. The molecule has 28 heavy (non-hydrogen) atoms. The second-order valence-corrected chi connectivity index (χ2v) is 6.04. The van der Waals surface area contributed by atoms with Crippen molar-refractivity contribution in [2.45, 2.75) is 33.2 Å². The summed E-state index contributed by atoms with van der Waals surface area (Å²) >= 11 is 0. The number of amides is 1. The number of nitro groups is 1. The zero-order valence-electron chi connectivity index (χ0n) is 15.7. The number of halogens is 1. The number of hydrogen-bond acceptors (Lipinski definition) is 5. The van der Waals surface area contributed by atoms with Gasteiger partial charge in [-0.15, -0.1) is 0 Å². The SMILES string of the molecule is CCCC(=O)N(Cc1cccc(F)c1)c1cc(C(=O)OCC)ccc1[N+](=O)[O-]. The first-order valence-electron chi connectivity index (χ1n) is 8.87. The standard InChI is InChI=1S/C20H21FN2O5/c1-3-6-19(24)22(13-14-7-5-8-16(21)11-14)18-12-15(20(25)28-4-2)9-10-17(18)23(26)27/h5,7-12H,3-4,6,13H2,1-2H3. The molecule has 0 saturated heterocycles. The molecule has 0 spiro atoms. The molecular weight excluding hydrogens is 367 g/mol. The quantitative estimate of drug-likeness (QED) is 0.383. The predicted molar refractivity (Wildman–Crippen MR) is 102 cm³/mol. The van der Waals surface area contributed by atoms with Gasteiger partial charge in [-0.25, -0.2) is 9.18 Å². The molecule has 0 radical (unpaired) electrons. The van der Waals surface area contributed by atoms with Crippen LogP contribution in [0.5, 0.6) is 0 Å². The molecule has 0 aliphatic rings. The van der Waals surface area contributed by atoms with Crippen LogP contribution in [0, 0.1) is 15.9 Å². The van der Waals surface area contributed by atoms with Crippen molar-refractivity contribution in [3.63, 3.8) is 0 Å². The number of anilines is 1. The van der Waals surface area contributed by atoms with Gasteiger partial charge in [0.25, 0.3) is 5.69 Å². The number of esters is 1. The lowest BCUT2D eigenvalue weighted by atomic mass is 10.1. The molecule has 0 saturated carbocycles. The molecule has 0 atom stereocenters. The van der Waals surface area contributed by atoms with Gasteiger partial charge in [0.05, 0.1) is 23.6 Å². The number of nitro benzene ring substituents is 1. The summed E-state index contributed by atoms with van der Waals surface area (Å²) in [5.41, 5.74) is 0.212. The molecule has 7 nitrogen and oxygen atoms in total. The molecule has 8 heteroatoms. The Labute approximate surface area is 161 Å². The number of nitrogens with zero attached hydrogens (tertiary/aromatic N) is 2. The number of ether oxygens (including phenoxy) is 1. The molecule has 0 aromatic heterocycles. The van der Waals surface area contributed by atoms with Crippen molar-refractivity contribution in [3.05, 3.63) is 69.5 Å². The highest BCUT2D eigenvalue weighted by molar-refractivity contribution is 5.98. The van der Waals surface area contributed by atoms with Crippen LogP contribution in [0.2, 0.25) is 0 Å². The van der Waals surface area contributed by atoms with Crippen LogP contribution < -0.4 is 4.90 Å². The Hall–Kier alpha value is -3.29. The Morgan fingerprint density at radius 2 is 1.93 bits per heavy atom. The minimum Gasteiger partial charge on any atom is -0.462 e. The highest BCUT2D eigenvalue weighted by atomic mass is 19.1. The predicted octanol–water partition coefficient (Wildman–Crippen LogP) is 4.24. The van der Waals surface area contributed by atoms with E-state index in [-0.39, 0.29) is 42.4 Å². The maximum absolute atomic E-state index is 13.6. The molecule has 2 aromatic carbocycles. The van der Waals surface area contributed by atoms with E-state index in [1.807, 2.05) is 6.92 Å². The van der Waals surface area contributed by atoms with Gasteiger partial charge in [0.2, 0.25) is 5.91 Å². The van der Waals surface area contributed by atoms with E-state index in [0.717, 1.165) is 0 Å². The lowest BCUT2D eigenvalue weighted by Gasteiger charge is -2.23. The maximum Gasteiger partial charge on any atom is 0.338 e. The molecule has 0 aliphatic heterocycles. The molecule has 0 fully saturated rings. The second kappa shape index (κ2) is 9.59. The third-order valence-corrected chi connectivity index (χ3v) is 3.97. The molecule has 0 N–H and O–H groups in total. The average Bonchev–Trinajstić information content (AvgIpc) is 2.66. The number of benzene rings is 2. The van der Waals surface area contributed by atoms with Gasteiger partial charge in [0.15, 0.2) is 0 Å². The molecule has 0 bridgehead atoms. The zero-order valence-corrected chi connectivity index (χ0v) is 15.7. The van der Waals surface area contributed by atoms with Crippen LogP contribution in [0.15, 0.2) is 42.5 Å². The topological polar surface area (TPSA) is 89.8 Å². The van der Waals surface area contributed by atoms with Gasteiger partial charge in [-0.1, -0.05) is 19.1 Å². The van der Waals surface area contributed by atoms with Crippen LogP contribution >= 0.6 is 0 Å². The number of hydrogen-bond donors (Lipinski definition) is 0. The summed E-state index contributed by atoms with van der Waals surface area (Å²) in [5, 5.41) is 11.5. The Bertz CT molecular complexity index is 885. The number of rotatable bonds is 8. The minimum absolute atomic E-state index is 0.0294. The van der Waals surface area contributed by atoms with E-state index in [0.29, 0.717) is 12.0 Å². The van der Waals surface area contributed by atoms with Crippen molar-refractivity contribution in [2.24, 2.45) is 0 Å². The van der Waals surface area contributed by atoms with Gasteiger partial charge in [-0.2, -0.15) is 0 Å². The Balaban J connectivity index is 2.55. The fourth-order valence-corrected chi connectivity index (χ4v) is 2.71. The van der Waals surface area contributed by atoms with Gasteiger partial charge in [-0.3, -0.25) is 14.9 Å². The fourth-order valence-electron chi connectivity index (χ4n) is 2.71. The van der Waals surface area contributed by atoms with E-state index in [9.17, 15) is 24.1 Å².